The molecule has 4 aliphatic carbocycles. The minimum atomic E-state index is -1.67. The fraction of sp³-hybridized carbons (Fsp3) is 0.676. The van der Waals surface area contributed by atoms with Crippen molar-refractivity contribution in [2.24, 2.45) is 11.8 Å². The lowest BCUT2D eigenvalue weighted by molar-refractivity contribution is -0.725. The number of esters is 2. The number of carboxylic acid groups (broad SMARTS) is 1. The zero-order valence-electron chi connectivity index (χ0n) is 25.3. The molecule has 0 saturated heterocycles. The summed E-state index contributed by atoms with van der Waals surface area (Å²) in [5, 5.41) is 14.3. The first kappa shape index (κ1) is 33.8. The van der Waals surface area contributed by atoms with Crippen molar-refractivity contribution < 1.29 is 39.8 Å². The number of hydrogen-bond acceptors (Lipinski definition) is 6. The van der Waals surface area contributed by atoms with Crippen LogP contribution in [0.3, 0.4) is 0 Å². The van der Waals surface area contributed by atoms with Crippen LogP contribution in [0.25, 0.3) is 0 Å². The van der Waals surface area contributed by atoms with E-state index in [4.69, 9.17) is 9.47 Å². The maximum atomic E-state index is 12.9. The van der Waals surface area contributed by atoms with Crippen LogP contribution < -0.4 is 10.4 Å². The highest BCUT2D eigenvalue weighted by Gasteiger charge is 2.54. The second-order valence-corrected chi connectivity index (χ2v) is 12.5. The highest BCUT2D eigenvalue weighted by Crippen LogP contribution is 2.45. The molecule has 8 heteroatoms. The number of carbonyl (C=O) groups is 3. The van der Waals surface area contributed by atoms with E-state index < -0.39 is 29.4 Å². The second kappa shape index (κ2) is 16.8. The third kappa shape index (κ3) is 9.14. The molecule has 0 bridgehead atoms. The van der Waals surface area contributed by atoms with Crippen LogP contribution in [0.1, 0.15) is 120 Å². The van der Waals surface area contributed by atoms with Crippen molar-refractivity contribution >= 4 is 17.9 Å². The molecule has 0 heterocycles. The van der Waals surface area contributed by atoms with Crippen LogP contribution in [0.15, 0.2) is 42.0 Å². The molecule has 4 aliphatic rings. The van der Waals surface area contributed by atoms with Crippen LogP contribution in [-0.4, -0.2) is 47.7 Å². The number of quaternary nitrogens is 1. The molecule has 1 aromatic carbocycles. The topological polar surface area (TPSA) is 141 Å². The average Bonchev–Trinajstić information content (AvgIpc) is 3.64. The van der Waals surface area contributed by atoms with Crippen LogP contribution >= 0.6 is 0 Å². The largest absolute Gasteiger partial charge is 0.545 e. The Morgan fingerprint density at radius 2 is 1.40 bits per heavy atom. The summed E-state index contributed by atoms with van der Waals surface area (Å²) in [5.74, 6) is -2.90. The van der Waals surface area contributed by atoms with Crippen molar-refractivity contribution in [3.05, 3.63) is 47.5 Å². The van der Waals surface area contributed by atoms with Gasteiger partial charge in [0.25, 0.3) is 0 Å². The number of rotatable bonds is 9. The van der Waals surface area contributed by atoms with Crippen LogP contribution in [0.5, 0.6) is 0 Å². The predicted molar refractivity (Wildman–Crippen MR) is 158 cm³/mol. The molecule has 1 aromatic rings. The molecule has 234 valence electrons. The highest BCUT2D eigenvalue weighted by atomic mass is 16.6. The molecule has 0 spiro atoms. The smallest absolute Gasteiger partial charge is 0.351 e. The summed E-state index contributed by atoms with van der Waals surface area (Å²) in [7, 11) is 0. The molecule has 0 aliphatic heterocycles. The third-order valence-corrected chi connectivity index (χ3v) is 9.53. The fourth-order valence-corrected chi connectivity index (χ4v) is 7.32. The van der Waals surface area contributed by atoms with E-state index in [0.29, 0.717) is 17.9 Å². The van der Waals surface area contributed by atoms with Crippen LogP contribution in [0.2, 0.25) is 0 Å². The minimum Gasteiger partial charge on any atom is -0.545 e. The van der Waals surface area contributed by atoms with Gasteiger partial charge < -0.3 is 30.2 Å². The number of ether oxygens (including phenoxy) is 2. The molecule has 8 nitrogen and oxygen atoms in total. The number of aliphatic carboxylic acids is 1. The second-order valence-electron chi connectivity index (χ2n) is 12.5. The molecular formula is C34H51NO7. The Balaban J connectivity index is 0.000000289. The van der Waals surface area contributed by atoms with Gasteiger partial charge in [0.2, 0.25) is 5.60 Å². The molecule has 3 saturated carbocycles. The Morgan fingerprint density at radius 3 is 1.93 bits per heavy atom. The van der Waals surface area contributed by atoms with Crippen molar-refractivity contribution in [1.82, 2.24) is 0 Å². The van der Waals surface area contributed by atoms with Crippen molar-refractivity contribution in [2.45, 2.75) is 127 Å². The first-order chi connectivity index (χ1) is 19.9. The van der Waals surface area contributed by atoms with E-state index in [2.05, 4.69) is 5.32 Å². The molecule has 0 amide bonds. The lowest BCUT2D eigenvalue weighted by atomic mass is 9.82. The van der Waals surface area contributed by atoms with Gasteiger partial charge >= 0.3 is 11.9 Å². The summed E-state index contributed by atoms with van der Waals surface area (Å²) >= 11 is 0. The lowest BCUT2D eigenvalue weighted by Gasteiger charge is -2.34. The lowest BCUT2D eigenvalue weighted by Crippen LogP contribution is -2.95. The Hall–Kier alpha value is -2.71. The van der Waals surface area contributed by atoms with Gasteiger partial charge in [-0.3, -0.25) is 0 Å². The molecule has 0 radical (unpaired) electrons. The Bertz CT molecular complexity index is 1010. The molecule has 0 unspecified atom stereocenters. The summed E-state index contributed by atoms with van der Waals surface area (Å²) < 4.78 is 11.0. The zero-order chi connectivity index (χ0) is 29.1. The molecule has 0 aromatic heterocycles. The fourth-order valence-electron chi connectivity index (χ4n) is 7.32. The van der Waals surface area contributed by atoms with E-state index in [0.717, 1.165) is 37.8 Å². The quantitative estimate of drug-likeness (QED) is 0.437. The first-order valence-corrected chi connectivity index (χ1v) is 16.1. The van der Waals surface area contributed by atoms with Gasteiger partial charge in [0.1, 0.15) is 0 Å². The summed E-state index contributed by atoms with van der Waals surface area (Å²) in [6.45, 7) is 1.78. The Labute approximate surface area is 250 Å². The summed E-state index contributed by atoms with van der Waals surface area (Å²) in [6, 6.07) is 10.3. The maximum absolute atomic E-state index is 12.9. The number of carbonyl (C=O) groups excluding carboxylic acids is 3. The summed E-state index contributed by atoms with van der Waals surface area (Å²) in [6.07, 6.45) is 21.1. The molecule has 42 heavy (non-hydrogen) atoms. The molecule has 2 atom stereocenters. The van der Waals surface area contributed by atoms with E-state index in [1.165, 1.54) is 70.3 Å². The Morgan fingerprint density at radius 1 is 0.857 bits per heavy atom. The van der Waals surface area contributed by atoms with Gasteiger partial charge in [-0.1, -0.05) is 62.8 Å². The van der Waals surface area contributed by atoms with Gasteiger partial charge in [0, 0.05) is 12.3 Å². The molecule has 5 rings (SSSR count). The summed E-state index contributed by atoms with van der Waals surface area (Å²) in [4.78, 5) is 37.2. The van der Waals surface area contributed by atoms with E-state index in [-0.39, 0.29) is 24.1 Å². The van der Waals surface area contributed by atoms with Crippen molar-refractivity contribution in [2.75, 3.05) is 6.61 Å². The van der Waals surface area contributed by atoms with Gasteiger partial charge in [-0.25, -0.2) is 9.59 Å². The van der Waals surface area contributed by atoms with E-state index in [9.17, 15) is 19.5 Å². The minimum absolute atomic E-state index is 0. The van der Waals surface area contributed by atoms with Gasteiger partial charge in [-0.15, -0.1) is 0 Å². The van der Waals surface area contributed by atoms with Gasteiger partial charge in [-0.2, -0.15) is 0 Å². The van der Waals surface area contributed by atoms with Crippen molar-refractivity contribution in [3.63, 3.8) is 0 Å². The number of hydrogen-bond donors (Lipinski definition) is 1. The summed E-state index contributed by atoms with van der Waals surface area (Å²) in [5.41, 5.74) is -1.38. The van der Waals surface area contributed by atoms with Gasteiger partial charge in [-0.05, 0) is 88.3 Å². The van der Waals surface area contributed by atoms with Crippen LogP contribution in [-0.2, 0) is 19.1 Å². The number of nitrogens with two attached hydrogens (primary N) is 1. The predicted octanol–water partition coefficient (Wildman–Crippen LogP) is 3.81. The van der Waals surface area contributed by atoms with Crippen molar-refractivity contribution in [3.8, 4) is 0 Å². The normalized spacial score (nSPS) is 25.0. The number of carboxylic acids is 1. The zero-order valence-corrected chi connectivity index (χ0v) is 25.3. The third-order valence-electron chi connectivity index (χ3n) is 9.53. The van der Waals surface area contributed by atoms with E-state index in [1.54, 1.807) is 37.3 Å². The van der Waals surface area contributed by atoms with E-state index >= 15 is 0 Å². The first-order valence-electron chi connectivity index (χ1n) is 16.1. The molecular weight excluding hydrogens is 534 g/mol. The van der Waals surface area contributed by atoms with Gasteiger partial charge in [0.15, 0.2) is 0 Å². The van der Waals surface area contributed by atoms with Crippen LogP contribution in [0, 0.1) is 11.8 Å². The number of benzene rings is 1. The van der Waals surface area contributed by atoms with Gasteiger partial charge in [0.05, 0.1) is 30.2 Å². The molecule has 4 N–H and O–H groups in total. The van der Waals surface area contributed by atoms with E-state index in [1.807, 2.05) is 0 Å². The standard InChI is InChI=1S/C22H26O6.C12H23N.H2O/c1-2-27-21(26)22(28-20(25)16-10-4-3-5-11-16)14-17(19(23)24)13-18(22)12-15-8-6-7-9-15;1-3-7-11(8-4-1)13-12-9-5-2-6-10-12;/h3-5,10-11,13,15,18H,2,6-9,12,14H2,1H3,(H,23,24);11-13H,1-10H2;1H2/t18-,22+;;/m1../s1. The highest BCUT2D eigenvalue weighted by molar-refractivity contribution is 5.95. The average molecular weight is 586 g/mol. The van der Waals surface area contributed by atoms with Crippen LogP contribution in [0.4, 0.5) is 0 Å². The Kier molecular flexibility index (Phi) is 13.5. The monoisotopic (exact) mass is 585 g/mol. The van der Waals surface area contributed by atoms with Crippen molar-refractivity contribution in [1.29, 1.82) is 0 Å². The molecule has 3 fully saturated rings. The maximum Gasteiger partial charge on any atom is 0.351 e. The SMILES string of the molecule is C1CCC([NH2+]C2CCCCC2)CC1.CCOC(=O)[C@]1(OC(=O)c2ccccc2)CC(C(=O)[O-])=C[C@H]1CC1CCCC1.O.